The van der Waals surface area contributed by atoms with Gasteiger partial charge in [-0.15, -0.1) is 0 Å². The molecule has 0 aliphatic carbocycles. The van der Waals surface area contributed by atoms with Crippen LogP contribution in [-0.2, 0) is 9.53 Å². The van der Waals surface area contributed by atoms with Gasteiger partial charge in [0.1, 0.15) is 10.9 Å². The first-order valence-corrected chi connectivity index (χ1v) is 11.3. The van der Waals surface area contributed by atoms with Gasteiger partial charge in [-0.1, -0.05) is 40.3 Å². The van der Waals surface area contributed by atoms with Crippen molar-refractivity contribution in [3.05, 3.63) is 57.8 Å². The fourth-order valence-corrected chi connectivity index (χ4v) is 3.80. The lowest BCUT2D eigenvalue weighted by Gasteiger charge is -2.28. The van der Waals surface area contributed by atoms with Crippen LogP contribution in [0, 0.1) is 17.1 Å². The lowest BCUT2D eigenvalue weighted by molar-refractivity contribution is -0.138. The molecule has 0 saturated carbocycles. The maximum absolute atomic E-state index is 12.1. The number of hydrogen-bond acceptors (Lipinski definition) is 7. The van der Waals surface area contributed by atoms with Crippen molar-refractivity contribution < 1.29 is 13.9 Å². The van der Waals surface area contributed by atoms with Crippen molar-refractivity contribution in [3.63, 3.8) is 0 Å². The molecule has 0 bridgehead atoms. The molecular weight excluding hydrogens is 483 g/mol. The van der Waals surface area contributed by atoms with Crippen molar-refractivity contribution >= 4 is 44.5 Å². The molecule has 1 aromatic carbocycles. The number of thioether (sulfide) groups is 1. The van der Waals surface area contributed by atoms with Crippen LogP contribution < -0.4 is 0 Å². The zero-order chi connectivity index (χ0) is 23.2. The molecule has 1 saturated heterocycles. The maximum atomic E-state index is 12.1. The quantitative estimate of drug-likeness (QED) is 0.311. The van der Waals surface area contributed by atoms with Gasteiger partial charge >= 0.3 is 5.97 Å². The smallest absolute Gasteiger partial charge is 0.337 e. The summed E-state index contributed by atoms with van der Waals surface area (Å²) in [6.45, 7) is 8.59. The minimum atomic E-state index is -0.247. The number of aliphatic imine (C=N–C) groups is 2. The number of benzene rings is 1. The van der Waals surface area contributed by atoms with E-state index >= 15 is 0 Å². The Morgan fingerprint density at radius 3 is 2.77 bits per heavy atom. The highest BCUT2D eigenvalue weighted by atomic mass is 79.9. The topological polar surface area (TPSA) is 78.0 Å². The molecule has 0 amide bonds. The van der Waals surface area contributed by atoms with E-state index < -0.39 is 0 Å². The number of amidine groups is 1. The molecule has 0 N–H and O–H groups in total. The lowest BCUT2D eigenvalue weighted by Crippen LogP contribution is -2.37. The number of rotatable bonds is 4. The summed E-state index contributed by atoms with van der Waals surface area (Å²) in [6, 6.07) is 8.01. The Morgan fingerprint density at radius 1 is 1.55 bits per heavy atom. The summed E-state index contributed by atoms with van der Waals surface area (Å²) in [5.74, 6) is 0.390. The van der Waals surface area contributed by atoms with Gasteiger partial charge in [0.05, 0.1) is 24.8 Å². The summed E-state index contributed by atoms with van der Waals surface area (Å²) < 4.78 is 18.0. The van der Waals surface area contributed by atoms with Crippen molar-refractivity contribution in [2.45, 2.75) is 26.7 Å². The number of ether oxygens (including phenoxy) is 1. The second kappa shape index (κ2) is 14.5. The van der Waals surface area contributed by atoms with E-state index in [1.165, 1.54) is 30.8 Å². The van der Waals surface area contributed by atoms with Gasteiger partial charge in [-0.2, -0.15) is 5.26 Å². The summed E-state index contributed by atoms with van der Waals surface area (Å²) in [7, 11) is 1.74. The molecule has 31 heavy (non-hydrogen) atoms. The van der Waals surface area contributed by atoms with Crippen molar-refractivity contribution in [1.29, 1.82) is 5.26 Å². The Bertz CT molecular complexity index is 892. The Hall–Kier alpha value is -2.44. The van der Waals surface area contributed by atoms with E-state index in [4.69, 9.17) is 10.00 Å². The van der Waals surface area contributed by atoms with E-state index in [-0.39, 0.29) is 11.8 Å². The monoisotopic (exact) mass is 508 g/mol. The standard InChI is InChI=1S/C14H19N3O2S.C6H4BrF.C2H3N/c1-4-19-14(18)10-9-16-12(13(15-3)20-5-2)17-8-6-7-11(10)17;7-5-2-1-3-6(8)4-5;1-2-3/h5H,2,4,6-9H2,1,3H3;1-4H;1H3. The fraction of sp³-hybridized carbons (Fsp3) is 0.364. The third-order valence-corrected chi connectivity index (χ3v) is 5.26. The van der Waals surface area contributed by atoms with Crippen LogP contribution in [0.25, 0.3) is 0 Å². The van der Waals surface area contributed by atoms with Gasteiger partial charge < -0.3 is 9.64 Å². The molecule has 0 radical (unpaired) electrons. The van der Waals surface area contributed by atoms with Crippen LogP contribution in [0.15, 0.2) is 62.0 Å². The highest BCUT2D eigenvalue weighted by molar-refractivity contribution is 9.10. The molecule has 0 aromatic heterocycles. The number of esters is 1. The van der Waals surface area contributed by atoms with Crippen molar-refractivity contribution in [3.8, 4) is 6.07 Å². The number of halogens is 2. The molecule has 9 heteroatoms. The van der Waals surface area contributed by atoms with E-state index in [2.05, 4.69) is 37.4 Å². The summed E-state index contributed by atoms with van der Waals surface area (Å²) in [6.07, 6.45) is 1.91. The number of fused-ring (bicyclic) bond motifs is 1. The average Bonchev–Trinajstić information content (AvgIpc) is 3.22. The van der Waals surface area contributed by atoms with Crippen molar-refractivity contribution in [1.82, 2.24) is 4.90 Å². The van der Waals surface area contributed by atoms with E-state index in [0.29, 0.717) is 18.7 Å². The molecule has 6 nitrogen and oxygen atoms in total. The molecule has 2 aliphatic heterocycles. The third kappa shape index (κ3) is 8.31. The number of carbonyl (C=O) groups excluding carboxylic acids is 1. The molecule has 1 aromatic rings. The number of carbonyl (C=O) groups is 1. The van der Waals surface area contributed by atoms with Crippen LogP contribution in [0.1, 0.15) is 26.7 Å². The molecule has 0 spiro atoms. The van der Waals surface area contributed by atoms with E-state index in [9.17, 15) is 9.18 Å². The largest absolute Gasteiger partial charge is 0.463 e. The number of hydrogen-bond donors (Lipinski definition) is 0. The first-order valence-electron chi connectivity index (χ1n) is 9.61. The zero-order valence-corrected chi connectivity index (χ0v) is 20.3. The second-order valence-corrected chi connectivity index (χ2v) is 7.89. The zero-order valence-electron chi connectivity index (χ0n) is 17.9. The van der Waals surface area contributed by atoms with Gasteiger partial charge in [-0.3, -0.25) is 9.98 Å². The number of nitrogens with zero attached hydrogens (tertiary/aromatic N) is 4. The van der Waals surface area contributed by atoms with Crippen LogP contribution in [-0.4, -0.2) is 48.5 Å². The molecule has 3 rings (SSSR count). The SMILES string of the molecule is C=CSC(=NC)C1=NCC(C(=O)OCC)=C2CCCN12.CC#N.Fc1cccc(Br)c1. The minimum absolute atomic E-state index is 0.209. The minimum Gasteiger partial charge on any atom is -0.463 e. The van der Waals surface area contributed by atoms with E-state index in [1.54, 1.807) is 30.7 Å². The summed E-state index contributed by atoms with van der Waals surface area (Å²) in [4.78, 5) is 22.9. The predicted molar refractivity (Wildman–Crippen MR) is 128 cm³/mol. The summed E-state index contributed by atoms with van der Waals surface area (Å²) >= 11 is 4.58. The van der Waals surface area contributed by atoms with Crippen LogP contribution in [0.4, 0.5) is 4.39 Å². The Labute approximate surface area is 195 Å². The highest BCUT2D eigenvalue weighted by Gasteiger charge is 2.33. The molecule has 166 valence electrons. The van der Waals surface area contributed by atoms with Crippen LogP contribution in [0.3, 0.4) is 0 Å². The van der Waals surface area contributed by atoms with E-state index in [0.717, 1.165) is 40.4 Å². The first-order chi connectivity index (χ1) is 14.9. The Morgan fingerprint density at radius 2 is 2.26 bits per heavy atom. The lowest BCUT2D eigenvalue weighted by atomic mass is 10.1. The van der Waals surface area contributed by atoms with Crippen LogP contribution >= 0.6 is 27.7 Å². The van der Waals surface area contributed by atoms with E-state index in [1.807, 2.05) is 6.92 Å². The van der Waals surface area contributed by atoms with Gasteiger partial charge in [0.15, 0.2) is 5.84 Å². The molecule has 1 fully saturated rings. The molecule has 2 heterocycles. The van der Waals surface area contributed by atoms with Crippen LogP contribution in [0.5, 0.6) is 0 Å². The fourth-order valence-electron chi connectivity index (χ4n) is 2.88. The van der Waals surface area contributed by atoms with Gasteiger partial charge in [-0.25, -0.2) is 9.18 Å². The Kier molecular flexibility index (Phi) is 12.5. The predicted octanol–water partition coefficient (Wildman–Crippen LogP) is 5.33. The van der Waals surface area contributed by atoms with Gasteiger partial charge in [0, 0.05) is 30.7 Å². The molecular formula is C22H26BrFN4O2S. The average molecular weight is 509 g/mol. The summed E-state index contributed by atoms with van der Waals surface area (Å²) in [5, 5.41) is 9.90. The first kappa shape index (κ1) is 26.6. The van der Waals surface area contributed by atoms with Gasteiger partial charge in [0.2, 0.25) is 0 Å². The molecule has 0 unspecified atom stereocenters. The highest BCUT2D eigenvalue weighted by Crippen LogP contribution is 2.30. The van der Waals surface area contributed by atoms with Gasteiger partial charge in [0.25, 0.3) is 0 Å². The second-order valence-electron chi connectivity index (χ2n) is 6.02. The number of nitriles is 1. The van der Waals surface area contributed by atoms with Gasteiger partial charge in [-0.05, 0) is 43.4 Å². The Balaban J connectivity index is 0.000000361. The molecule has 0 atom stereocenters. The normalized spacial score (nSPS) is 14.8. The summed E-state index contributed by atoms with van der Waals surface area (Å²) in [5.41, 5.74) is 1.73. The van der Waals surface area contributed by atoms with Crippen LogP contribution in [0.2, 0.25) is 0 Å². The van der Waals surface area contributed by atoms with Crippen molar-refractivity contribution in [2.24, 2.45) is 9.98 Å². The molecule has 2 aliphatic rings. The maximum Gasteiger partial charge on any atom is 0.337 e. The van der Waals surface area contributed by atoms with Crippen molar-refractivity contribution in [2.75, 3.05) is 26.7 Å². The number of allylic oxidation sites excluding steroid dienone is 1. The third-order valence-electron chi connectivity index (χ3n) is 4.01.